The maximum Gasteiger partial charge on any atom is 0.235 e. The third kappa shape index (κ3) is 2.87. The van der Waals surface area contributed by atoms with Crippen LogP contribution in [0.25, 0.3) is 38.5 Å². The molecule has 0 aliphatic carbocycles. The van der Waals surface area contributed by atoms with Crippen LogP contribution < -0.4 is 0 Å². The summed E-state index contributed by atoms with van der Waals surface area (Å²) in [5.74, 6) is 0.667. The molecule has 0 spiro atoms. The molecule has 0 radical (unpaired) electrons. The minimum Gasteiger partial charge on any atom is -0.274 e. The lowest BCUT2D eigenvalue weighted by atomic mass is 10.0. The normalized spacial score (nSPS) is 11.5. The van der Waals surface area contributed by atoms with Crippen LogP contribution in [-0.4, -0.2) is 30.0 Å². The summed E-state index contributed by atoms with van der Waals surface area (Å²) in [6, 6.07) is 26.9. The molecule has 144 valence electrons. The molecule has 30 heavy (non-hydrogen) atoms. The molecule has 0 aliphatic rings. The van der Waals surface area contributed by atoms with Gasteiger partial charge in [0.1, 0.15) is 10.7 Å². The van der Waals surface area contributed by atoms with E-state index in [1.165, 1.54) is 16.3 Å². The number of nitrogens with one attached hydrogen (secondary N) is 1. The van der Waals surface area contributed by atoms with Crippen LogP contribution in [0.5, 0.6) is 0 Å². The summed E-state index contributed by atoms with van der Waals surface area (Å²) >= 11 is 1.56. The molecule has 7 heteroatoms. The average molecular weight is 408 g/mol. The summed E-state index contributed by atoms with van der Waals surface area (Å²) in [7, 11) is 0. The summed E-state index contributed by atoms with van der Waals surface area (Å²) in [5, 5.41) is 24.4. The zero-order chi connectivity index (χ0) is 19.9. The molecule has 0 saturated heterocycles. The number of H-pyrrole nitrogens is 1. The van der Waals surface area contributed by atoms with E-state index in [4.69, 9.17) is 5.10 Å². The number of rotatable bonds is 4. The van der Waals surface area contributed by atoms with E-state index >= 15 is 0 Å². The van der Waals surface area contributed by atoms with Gasteiger partial charge >= 0.3 is 0 Å². The maximum atomic E-state index is 4.80. The van der Waals surface area contributed by atoms with Crippen LogP contribution in [0.15, 0.2) is 78.9 Å². The Balaban J connectivity index is 1.36. The van der Waals surface area contributed by atoms with Gasteiger partial charge in [0.2, 0.25) is 10.8 Å². The molecule has 6 rings (SSSR count). The first kappa shape index (κ1) is 17.1. The van der Waals surface area contributed by atoms with E-state index in [-0.39, 0.29) is 0 Å². The van der Waals surface area contributed by atoms with Gasteiger partial charge in [0.05, 0.1) is 5.69 Å². The largest absolute Gasteiger partial charge is 0.274 e. The molecule has 3 aromatic carbocycles. The molecular weight excluding hydrogens is 392 g/mol. The first-order valence-electron chi connectivity index (χ1n) is 9.64. The first-order chi connectivity index (χ1) is 14.8. The SMILES string of the molecule is c1ccc(-c2cc(-c3nnc4sc(Cc5cccc6ccccc56)nn34)[nH]n2)cc1. The quantitative estimate of drug-likeness (QED) is 0.446. The standard InChI is InChI=1S/C23H16N6S/c1-2-8-16(9-3-1)19-14-20(25-24-19)22-26-27-23-29(22)28-21(30-23)13-17-11-6-10-15-7-4-5-12-18(15)17/h1-12,14H,13H2,(H,24,25). The minimum atomic E-state index is 0.667. The molecule has 3 heterocycles. The predicted octanol–water partition coefficient (Wildman–Crippen LogP) is 4.99. The Labute approximate surface area is 175 Å². The average Bonchev–Trinajstić information content (AvgIpc) is 3.51. The van der Waals surface area contributed by atoms with E-state index in [2.05, 4.69) is 62.9 Å². The monoisotopic (exact) mass is 408 g/mol. The van der Waals surface area contributed by atoms with Gasteiger partial charge in [-0.2, -0.15) is 14.7 Å². The fourth-order valence-corrected chi connectivity index (χ4v) is 4.55. The second-order valence-electron chi connectivity index (χ2n) is 7.06. The van der Waals surface area contributed by atoms with Gasteiger partial charge in [0.15, 0.2) is 0 Å². The van der Waals surface area contributed by atoms with Crippen molar-refractivity contribution in [1.29, 1.82) is 0 Å². The summed E-state index contributed by atoms with van der Waals surface area (Å²) in [4.78, 5) is 0.774. The van der Waals surface area contributed by atoms with Crippen LogP contribution in [0.3, 0.4) is 0 Å². The zero-order valence-corrected chi connectivity index (χ0v) is 16.7. The molecule has 6 nitrogen and oxygen atoms in total. The van der Waals surface area contributed by atoms with E-state index in [1.807, 2.05) is 36.4 Å². The zero-order valence-electron chi connectivity index (χ0n) is 15.9. The summed E-state index contributed by atoms with van der Waals surface area (Å²) < 4.78 is 1.80. The molecule has 0 fully saturated rings. The number of hydrogen-bond acceptors (Lipinski definition) is 5. The third-order valence-electron chi connectivity index (χ3n) is 5.14. The maximum absolute atomic E-state index is 4.80. The van der Waals surface area contributed by atoms with E-state index < -0.39 is 0 Å². The van der Waals surface area contributed by atoms with Gasteiger partial charge < -0.3 is 0 Å². The van der Waals surface area contributed by atoms with Crippen LogP contribution in [0.1, 0.15) is 10.6 Å². The Hall–Kier alpha value is -3.84. The van der Waals surface area contributed by atoms with E-state index in [9.17, 15) is 0 Å². The number of hydrogen-bond donors (Lipinski definition) is 1. The van der Waals surface area contributed by atoms with Gasteiger partial charge in [-0.3, -0.25) is 5.10 Å². The van der Waals surface area contributed by atoms with Gasteiger partial charge in [-0.25, -0.2) is 0 Å². The summed E-state index contributed by atoms with van der Waals surface area (Å²) in [6.07, 6.45) is 0.757. The Bertz CT molecular complexity index is 1470. The van der Waals surface area contributed by atoms with Crippen LogP contribution in [0.4, 0.5) is 0 Å². The number of nitrogens with zero attached hydrogens (tertiary/aromatic N) is 5. The lowest BCUT2D eigenvalue weighted by Gasteiger charge is -2.04. The highest BCUT2D eigenvalue weighted by atomic mass is 32.1. The Morgan fingerprint density at radius 2 is 1.70 bits per heavy atom. The minimum absolute atomic E-state index is 0.667. The first-order valence-corrected chi connectivity index (χ1v) is 10.5. The molecule has 3 aromatic heterocycles. The van der Waals surface area contributed by atoms with Crippen molar-refractivity contribution in [1.82, 2.24) is 30.0 Å². The molecule has 6 aromatic rings. The lowest BCUT2D eigenvalue weighted by molar-refractivity contribution is 0.911. The van der Waals surface area contributed by atoms with Crippen molar-refractivity contribution in [3.63, 3.8) is 0 Å². The van der Waals surface area contributed by atoms with E-state index in [0.717, 1.165) is 33.3 Å². The smallest absolute Gasteiger partial charge is 0.235 e. The molecule has 0 amide bonds. The van der Waals surface area contributed by atoms with Gasteiger partial charge in [-0.1, -0.05) is 84.1 Å². The van der Waals surface area contributed by atoms with Crippen molar-refractivity contribution in [2.24, 2.45) is 0 Å². The molecule has 0 unspecified atom stereocenters. The molecule has 0 atom stereocenters. The third-order valence-corrected chi connectivity index (χ3v) is 6.04. The number of aromatic amines is 1. The van der Waals surface area contributed by atoms with Gasteiger partial charge in [-0.05, 0) is 22.4 Å². The summed E-state index contributed by atoms with van der Waals surface area (Å²) in [6.45, 7) is 0. The highest BCUT2D eigenvalue weighted by Gasteiger charge is 2.16. The fourth-order valence-electron chi connectivity index (χ4n) is 3.70. The number of aromatic nitrogens is 6. The van der Waals surface area contributed by atoms with Gasteiger partial charge in [0.25, 0.3) is 0 Å². The van der Waals surface area contributed by atoms with Crippen LogP contribution in [0.2, 0.25) is 0 Å². The predicted molar refractivity (Wildman–Crippen MR) is 118 cm³/mol. The summed E-state index contributed by atoms with van der Waals surface area (Å²) in [5.41, 5.74) is 3.97. The number of fused-ring (bicyclic) bond motifs is 2. The second-order valence-corrected chi connectivity index (χ2v) is 8.10. The lowest BCUT2D eigenvalue weighted by Crippen LogP contribution is -1.94. The van der Waals surface area contributed by atoms with Crippen molar-refractivity contribution in [3.8, 4) is 22.8 Å². The van der Waals surface area contributed by atoms with E-state index in [0.29, 0.717) is 5.82 Å². The Morgan fingerprint density at radius 1 is 0.867 bits per heavy atom. The molecule has 0 saturated carbocycles. The van der Waals surface area contributed by atoms with Gasteiger partial charge in [-0.15, -0.1) is 10.2 Å². The molecule has 0 bridgehead atoms. The van der Waals surface area contributed by atoms with E-state index in [1.54, 1.807) is 15.9 Å². The Morgan fingerprint density at radius 3 is 2.63 bits per heavy atom. The number of benzene rings is 3. The Kier molecular flexibility index (Phi) is 3.92. The van der Waals surface area contributed by atoms with Gasteiger partial charge in [0, 0.05) is 12.0 Å². The highest BCUT2D eigenvalue weighted by molar-refractivity contribution is 7.16. The van der Waals surface area contributed by atoms with Crippen molar-refractivity contribution in [3.05, 3.63) is 89.4 Å². The van der Waals surface area contributed by atoms with Crippen LogP contribution >= 0.6 is 11.3 Å². The van der Waals surface area contributed by atoms with Crippen molar-refractivity contribution < 1.29 is 0 Å². The highest BCUT2D eigenvalue weighted by Crippen LogP contribution is 2.27. The van der Waals surface area contributed by atoms with Crippen molar-refractivity contribution >= 4 is 27.1 Å². The molecule has 1 N–H and O–H groups in total. The van der Waals surface area contributed by atoms with Crippen molar-refractivity contribution in [2.45, 2.75) is 6.42 Å². The van der Waals surface area contributed by atoms with Crippen LogP contribution in [0, 0.1) is 0 Å². The molecule has 0 aliphatic heterocycles. The second kappa shape index (κ2) is 6.89. The van der Waals surface area contributed by atoms with Crippen molar-refractivity contribution in [2.75, 3.05) is 0 Å². The topological polar surface area (TPSA) is 71.8 Å². The fraction of sp³-hybridized carbons (Fsp3) is 0.0435. The van der Waals surface area contributed by atoms with Crippen LogP contribution in [-0.2, 0) is 6.42 Å². The molecular formula is C23H16N6S.